The fourth-order valence-electron chi connectivity index (χ4n) is 2.76. The SMILES string of the molecule is Cc1ccc(SCC(=O)N2CCN(S(=O)(=O)c3cccs3)CC2)cc1C. The zero-order chi connectivity index (χ0) is 18.7. The Morgan fingerprint density at radius 2 is 1.85 bits per heavy atom. The monoisotopic (exact) mass is 410 g/mol. The molecule has 1 aromatic carbocycles. The van der Waals surface area contributed by atoms with Gasteiger partial charge in [-0.2, -0.15) is 4.31 Å². The number of thioether (sulfide) groups is 1. The molecule has 8 heteroatoms. The van der Waals surface area contributed by atoms with E-state index in [2.05, 4.69) is 26.0 Å². The fraction of sp³-hybridized carbons (Fsp3) is 0.389. The minimum absolute atomic E-state index is 0.0569. The molecule has 3 rings (SSSR count). The molecule has 0 bridgehead atoms. The van der Waals surface area contributed by atoms with Crippen LogP contribution in [0.5, 0.6) is 0 Å². The van der Waals surface area contributed by atoms with E-state index >= 15 is 0 Å². The number of sulfonamides is 1. The Bertz CT molecular complexity index is 871. The average molecular weight is 411 g/mol. The van der Waals surface area contributed by atoms with Gasteiger partial charge in [0.05, 0.1) is 5.75 Å². The van der Waals surface area contributed by atoms with Gasteiger partial charge in [0.25, 0.3) is 10.0 Å². The molecule has 0 radical (unpaired) electrons. The van der Waals surface area contributed by atoms with E-state index < -0.39 is 10.0 Å². The van der Waals surface area contributed by atoms with Gasteiger partial charge in [-0.15, -0.1) is 23.1 Å². The number of piperazine rings is 1. The molecule has 0 spiro atoms. The predicted octanol–water partition coefficient (Wildman–Crippen LogP) is 2.99. The molecule has 1 aliphatic rings. The second-order valence-electron chi connectivity index (χ2n) is 6.25. The van der Waals surface area contributed by atoms with E-state index in [9.17, 15) is 13.2 Å². The van der Waals surface area contributed by atoms with Crippen LogP contribution in [0.4, 0.5) is 0 Å². The van der Waals surface area contributed by atoms with E-state index in [4.69, 9.17) is 0 Å². The van der Waals surface area contributed by atoms with E-state index in [1.54, 1.807) is 22.4 Å². The van der Waals surface area contributed by atoms with Crippen LogP contribution in [0.2, 0.25) is 0 Å². The number of hydrogen-bond donors (Lipinski definition) is 0. The summed E-state index contributed by atoms with van der Waals surface area (Å²) >= 11 is 2.75. The van der Waals surface area contributed by atoms with E-state index in [-0.39, 0.29) is 5.91 Å². The van der Waals surface area contributed by atoms with Crippen LogP contribution in [0, 0.1) is 13.8 Å². The molecule has 1 fully saturated rings. The zero-order valence-corrected chi connectivity index (χ0v) is 17.3. The Labute approximate surface area is 163 Å². The summed E-state index contributed by atoms with van der Waals surface area (Å²) in [4.78, 5) is 15.3. The molecule has 2 aromatic rings. The van der Waals surface area contributed by atoms with Crippen molar-refractivity contribution in [1.29, 1.82) is 0 Å². The molecule has 1 saturated heterocycles. The van der Waals surface area contributed by atoms with E-state index in [1.807, 2.05) is 6.07 Å². The Balaban J connectivity index is 1.53. The van der Waals surface area contributed by atoms with E-state index in [0.717, 1.165) is 4.90 Å². The third-order valence-corrected chi connectivity index (χ3v) is 8.77. The van der Waals surface area contributed by atoms with Gasteiger partial charge >= 0.3 is 0 Å². The second kappa shape index (κ2) is 8.12. The van der Waals surface area contributed by atoms with E-state index in [1.165, 1.54) is 38.5 Å². The van der Waals surface area contributed by atoms with Crippen LogP contribution in [-0.2, 0) is 14.8 Å². The van der Waals surface area contributed by atoms with Gasteiger partial charge in [0.2, 0.25) is 5.91 Å². The Kier molecular flexibility index (Phi) is 6.06. The summed E-state index contributed by atoms with van der Waals surface area (Å²) in [6.07, 6.45) is 0. The summed E-state index contributed by atoms with van der Waals surface area (Å²) in [5.74, 6) is 0.432. The lowest BCUT2D eigenvalue weighted by Gasteiger charge is -2.33. The Morgan fingerprint density at radius 3 is 2.46 bits per heavy atom. The quantitative estimate of drug-likeness (QED) is 0.711. The van der Waals surface area contributed by atoms with Gasteiger partial charge in [-0.1, -0.05) is 12.1 Å². The highest BCUT2D eigenvalue weighted by atomic mass is 32.2. The van der Waals surface area contributed by atoms with Gasteiger partial charge < -0.3 is 4.90 Å². The molecule has 5 nitrogen and oxygen atoms in total. The second-order valence-corrected chi connectivity index (χ2v) is 10.4. The minimum atomic E-state index is -3.42. The zero-order valence-electron chi connectivity index (χ0n) is 14.8. The van der Waals surface area contributed by atoms with Gasteiger partial charge in [0.1, 0.15) is 4.21 Å². The molecule has 1 aliphatic heterocycles. The van der Waals surface area contributed by atoms with Crippen LogP contribution >= 0.6 is 23.1 Å². The molecule has 26 heavy (non-hydrogen) atoms. The number of amides is 1. The van der Waals surface area contributed by atoms with Crippen molar-refractivity contribution >= 4 is 39.0 Å². The largest absolute Gasteiger partial charge is 0.339 e. The first-order valence-corrected chi connectivity index (χ1v) is 11.7. The third-order valence-electron chi connectivity index (χ3n) is 4.52. The number of carbonyl (C=O) groups excluding carboxylic acids is 1. The minimum Gasteiger partial charge on any atom is -0.339 e. The fourth-order valence-corrected chi connectivity index (χ4v) is 6.22. The topological polar surface area (TPSA) is 57.7 Å². The highest BCUT2D eigenvalue weighted by molar-refractivity contribution is 8.00. The maximum absolute atomic E-state index is 12.5. The molecular formula is C18H22N2O3S3. The third kappa shape index (κ3) is 4.31. The molecule has 0 atom stereocenters. The molecule has 0 aliphatic carbocycles. The van der Waals surface area contributed by atoms with Crippen LogP contribution in [0.1, 0.15) is 11.1 Å². The summed E-state index contributed by atoms with van der Waals surface area (Å²) in [5, 5.41) is 1.76. The highest BCUT2D eigenvalue weighted by Gasteiger charge is 2.30. The number of benzene rings is 1. The van der Waals surface area contributed by atoms with Crippen molar-refractivity contribution in [3.05, 3.63) is 46.8 Å². The molecule has 2 heterocycles. The Morgan fingerprint density at radius 1 is 1.12 bits per heavy atom. The lowest BCUT2D eigenvalue weighted by Crippen LogP contribution is -2.50. The molecule has 0 N–H and O–H groups in total. The number of carbonyl (C=O) groups is 1. The van der Waals surface area contributed by atoms with Gasteiger partial charge in [-0.3, -0.25) is 4.79 Å². The first-order chi connectivity index (χ1) is 12.4. The van der Waals surface area contributed by atoms with Crippen LogP contribution in [-0.4, -0.2) is 55.5 Å². The lowest BCUT2D eigenvalue weighted by molar-refractivity contribution is -0.129. The van der Waals surface area contributed by atoms with E-state index in [0.29, 0.717) is 36.1 Å². The number of aryl methyl sites for hydroxylation is 2. The molecule has 140 valence electrons. The summed E-state index contributed by atoms with van der Waals surface area (Å²) < 4.78 is 26.9. The number of hydrogen-bond acceptors (Lipinski definition) is 5. The van der Waals surface area contributed by atoms with Crippen molar-refractivity contribution in [2.24, 2.45) is 0 Å². The smallest absolute Gasteiger partial charge is 0.252 e. The maximum Gasteiger partial charge on any atom is 0.252 e. The van der Waals surface area contributed by atoms with Crippen LogP contribution in [0.25, 0.3) is 0 Å². The van der Waals surface area contributed by atoms with Gasteiger partial charge in [-0.25, -0.2) is 8.42 Å². The standard InChI is InChI=1S/C18H22N2O3S3/c1-14-5-6-16(12-15(14)2)25-13-17(21)19-7-9-20(10-8-19)26(22,23)18-4-3-11-24-18/h3-6,11-12H,7-10,13H2,1-2H3. The first kappa shape index (κ1) is 19.4. The summed E-state index contributed by atoms with van der Waals surface area (Å²) in [7, 11) is -3.42. The number of thiophene rings is 1. The van der Waals surface area contributed by atoms with Crippen molar-refractivity contribution in [2.75, 3.05) is 31.9 Å². The summed E-state index contributed by atoms with van der Waals surface area (Å²) in [6.45, 7) is 5.71. The molecular weight excluding hydrogens is 388 g/mol. The van der Waals surface area contributed by atoms with Crippen LogP contribution in [0.15, 0.2) is 44.8 Å². The summed E-state index contributed by atoms with van der Waals surface area (Å²) in [5.41, 5.74) is 2.46. The normalized spacial score (nSPS) is 16.0. The van der Waals surface area contributed by atoms with Crippen molar-refractivity contribution in [2.45, 2.75) is 23.0 Å². The van der Waals surface area contributed by atoms with Crippen molar-refractivity contribution in [1.82, 2.24) is 9.21 Å². The molecule has 1 amide bonds. The molecule has 1 aromatic heterocycles. The van der Waals surface area contributed by atoms with Gasteiger partial charge in [0, 0.05) is 31.1 Å². The van der Waals surface area contributed by atoms with Gasteiger partial charge in [0.15, 0.2) is 0 Å². The average Bonchev–Trinajstić information content (AvgIpc) is 3.18. The van der Waals surface area contributed by atoms with Crippen molar-refractivity contribution in [3.8, 4) is 0 Å². The molecule has 0 saturated carbocycles. The van der Waals surface area contributed by atoms with Crippen molar-refractivity contribution in [3.63, 3.8) is 0 Å². The first-order valence-electron chi connectivity index (χ1n) is 8.39. The predicted molar refractivity (Wildman–Crippen MR) is 106 cm³/mol. The Hall–Kier alpha value is -1.35. The highest BCUT2D eigenvalue weighted by Crippen LogP contribution is 2.24. The van der Waals surface area contributed by atoms with Gasteiger partial charge in [-0.05, 0) is 48.6 Å². The number of nitrogens with zero attached hydrogens (tertiary/aromatic N) is 2. The lowest BCUT2D eigenvalue weighted by atomic mass is 10.1. The van der Waals surface area contributed by atoms with Crippen LogP contribution in [0.3, 0.4) is 0 Å². The number of rotatable bonds is 5. The summed E-state index contributed by atoms with van der Waals surface area (Å²) in [6, 6.07) is 9.56. The van der Waals surface area contributed by atoms with Crippen molar-refractivity contribution < 1.29 is 13.2 Å². The van der Waals surface area contributed by atoms with Crippen LogP contribution < -0.4 is 0 Å². The maximum atomic E-state index is 12.5. The molecule has 0 unspecified atom stereocenters.